The van der Waals surface area contributed by atoms with Crippen LogP contribution in [-0.2, 0) is 9.59 Å². The van der Waals surface area contributed by atoms with E-state index >= 15 is 0 Å². The van der Waals surface area contributed by atoms with Crippen LogP contribution >= 0.6 is 23.2 Å². The molecule has 1 atom stereocenters. The number of amides is 2. The lowest BCUT2D eigenvalue weighted by atomic mass is 9.85. The van der Waals surface area contributed by atoms with E-state index in [1.54, 1.807) is 30.3 Å². The van der Waals surface area contributed by atoms with Gasteiger partial charge in [0, 0.05) is 27.4 Å². The average Bonchev–Trinajstić information content (AvgIpc) is 2.84. The summed E-state index contributed by atoms with van der Waals surface area (Å²) in [6, 6.07) is 14.4. The van der Waals surface area contributed by atoms with Crippen molar-refractivity contribution in [1.82, 2.24) is 10.3 Å². The number of anilines is 2. The lowest BCUT2D eigenvalue weighted by Crippen LogP contribution is -2.49. The van der Waals surface area contributed by atoms with E-state index < -0.39 is 6.10 Å². The summed E-state index contributed by atoms with van der Waals surface area (Å²) in [5.74, 6) is 0.836. The Labute approximate surface area is 207 Å². The number of nitrogens with one attached hydrogen (secondary N) is 3. The summed E-state index contributed by atoms with van der Waals surface area (Å²) >= 11 is 12.0. The largest absolute Gasteiger partial charge is 0.477 e. The van der Waals surface area contributed by atoms with E-state index in [-0.39, 0.29) is 23.8 Å². The average molecular weight is 499 g/mol. The molecule has 1 aliphatic carbocycles. The number of aromatic nitrogens is 1. The van der Waals surface area contributed by atoms with Gasteiger partial charge < -0.3 is 20.7 Å². The number of hydrogen-bond donors (Lipinski definition) is 3. The second kappa shape index (κ2) is 9.68. The number of rotatable bonds is 4. The third-order valence-corrected chi connectivity index (χ3v) is 6.80. The summed E-state index contributed by atoms with van der Waals surface area (Å²) in [5, 5.41) is 11.4. The van der Waals surface area contributed by atoms with Gasteiger partial charge >= 0.3 is 0 Å². The molecule has 176 valence electrons. The van der Waals surface area contributed by atoms with Gasteiger partial charge in [0.25, 0.3) is 5.91 Å². The number of ether oxygens (including phenoxy) is 1. The third kappa shape index (κ3) is 5.05. The van der Waals surface area contributed by atoms with Crippen LogP contribution in [0.25, 0.3) is 10.9 Å². The second-order valence-corrected chi connectivity index (χ2v) is 9.58. The first-order valence-corrected chi connectivity index (χ1v) is 12.1. The molecule has 1 aromatic heterocycles. The summed E-state index contributed by atoms with van der Waals surface area (Å²) in [6.45, 7) is 0.377. The number of pyridine rings is 1. The zero-order chi connectivity index (χ0) is 23.7. The zero-order valence-electron chi connectivity index (χ0n) is 18.3. The monoisotopic (exact) mass is 498 g/mol. The molecular formula is C25H24Cl2N4O3. The van der Waals surface area contributed by atoms with E-state index in [9.17, 15) is 9.59 Å². The molecule has 0 spiro atoms. The van der Waals surface area contributed by atoms with Crippen molar-refractivity contribution < 1.29 is 14.3 Å². The topological polar surface area (TPSA) is 92.4 Å². The van der Waals surface area contributed by atoms with Gasteiger partial charge in [0.2, 0.25) is 5.91 Å². The van der Waals surface area contributed by atoms with Crippen LogP contribution in [0.1, 0.15) is 25.7 Å². The summed E-state index contributed by atoms with van der Waals surface area (Å²) in [7, 11) is 0. The highest BCUT2D eigenvalue weighted by atomic mass is 35.5. The molecular weight excluding hydrogens is 475 g/mol. The number of carbonyl (C=O) groups is 2. The van der Waals surface area contributed by atoms with Crippen molar-refractivity contribution in [3.05, 3.63) is 58.6 Å². The summed E-state index contributed by atoms with van der Waals surface area (Å²) < 4.78 is 5.84. The Morgan fingerprint density at radius 3 is 2.53 bits per heavy atom. The predicted molar refractivity (Wildman–Crippen MR) is 134 cm³/mol. The fourth-order valence-corrected chi connectivity index (χ4v) is 4.83. The van der Waals surface area contributed by atoms with Gasteiger partial charge in [-0.25, -0.2) is 4.98 Å². The molecule has 0 saturated heterocycles. The van der Waals surface area contributed by atoms with Crippen LogP contribution in [0.15, 0.2) is 48.5 Å². The van der Waals surface area contributed by atoms with Gasteiger partial charge in [0.15, 0.2) is 6.10 Å². The molecule has 1 unspecified atom stereocenters. The Hall–Kier alpha value is -3.03. The first-order chi connectivity index (χ1) is 16.4. The van der Waals surface area contributed by atoms with Crippen LogP contribution in [0.5, 0.6) is 5.75 Å². The number of carbonyl (C=O) groups excluding carboxylic acids is 2. The maximum Gasteiger partial charge on any atom is 0.263 e. The van der Waals surface area contributed by atoms with E-state index in [1.807, 2.05) is 18.2 Å². The fraction of sp³-hybridized carbons (Fsp3) is 0.320. The van der Waals surface area contributed by atoms with Gasteiger partial charge in [0.1, 0.15) is 11.6 Å². The molecule has 34 heavy (non-hydrogen) atoms. The lowest BCUT2D eigenvalue weighted by Gasteiger charge is -2.31. The van der Waals surface area contributed by atoms with Gasteiger partial charge in [0.05, 0.1) is 17.7 Å². The molecule has 0 radical (unpaired) electrons. The Morgan fingerprint density at radius 2 is 1.71 bits per heavy atom. The van der Waals surface area contributed by atoms with Crippen molar-refractivity contribution in [3.63, 3.8) is 0 Å². The molecule has 2 aliphatic rings. The van der Waals surface area contributed by atoms with Crippen molar-refractivity contribution in [1.29, 1.82) is 0 Å². The molecule has 5 rings (SSSR count). The van der Waals surface area contributed by atoms with Crippen LogP contribution in [0, 0.1) is 5.92 Å². The van der Waals surface area contributed by atoms with Crippen molar-refractivity contribution in [2.24, 2.45) is 5.92 Å². The second-order valence-electron chi connectivity index (χ2n) is 8.71. The van der Waals surface area contributed by atoms with Crippen LogP contribution in [-0.4, -0.2) is 35.5 Å². The quantitative estimate of drug-likeness (QED) is 0.469. The van der Waals surface area contributed by atoms with Gasteiger partial charge in [-0.2, -0.15) is 0 Å². The minimum absolute atomic E-state index is 0.0234. The molecule has 1 fully saturated rings. The maximum absolute atomic E-state index is 12.8. The Bertz CT molecular complexity index is 1240. The first-order valence-electron chi connectivity index (χ1n) is 11.3. The standard InChI is InChI=1S/C25H24Cl2N4O3/c26-16-4-8-19-15(11-16)3-10-23(30-19)31-24(32)14-1-6-18(7-2-14)29-25(33)22-13-28-20-12-17(27)5-9-21(20)34-22/h3-5,8-12,14,18,22,28H,1-2,6-7,13H2,(H,29,33)(H,30,31,32)/t14-,18-,22?. The lowest BCUT2D eigenvalue weighted by molar-refractivity contribution is -0.128. The van der Waals surface area contributed by atoms with Crippen LogP contribution in [0.3, 0.4) is 0 Å². The summed E-state index contributed by atoms with van der Waals surface area (Å²) in [5.41, 5.74) is 1.56. The molecule has 0 bridgehead atoms. The van der Waals surface area contributed by atoms with E-state index in [4.69, 9.17) is 27.9 Å². The highest BCUT2D eigenvalue weighted by molar-refractivity contribution is 6.31. The molecule has 2 aromatic carbocycles. The van der Waals surface area contributed by atoms with Gasteiger partial charge in [-0.05, 0) is 74.2 Å². The van der Waals surface area contributed by atoms with Gasteiger partial charge in [-0.3, -0.25) is 9.59 Å². The maximum atomic E-state index is 12.8. The van der Waals surface area contributed by atoms with Crippen LogP contribution in [0.2, 0.25) is 10.0 Å². The highest BCUT2D eigenvalue weighted by Gasteiger charge is 2.31. The normalized spacial score (nSPS) is 21.6. The SMILES string of the molecule is O=C(N[C@H]1CC[C@H](C(=O)Nc2ccc3cc(Cl)ccc3n2)CC1)C1CNc2cc(Cl)ccc2O1. The predicted octanol–water partition coefficient (Wildman–Crippen LogP) is 5.03. The van der Waals surface area contributed by atoms with E-state index in [2.05, 4.69) is 20.9 Å². The highest BCUT2D eigenvalue weighted by Crippen LogP contribution is 2.32. The molecule has 1 saturated carbocycles. The minimum Gasteiger partial charge on any atom is -0.477 e. The van der Waals surface area contributed by atoms with Crippen molar-refractivity contribution in [2.75, 3.05) is 17.2 Å². The number of fused-ring (bicyclic) bond motifs is 2. The van der Waals surface area contributed by atoms with Crippen molar-refractivity contribution in [2.45, 2.75) is 37.8 Å². The fourth-order valence-electron chi connectivity index (χ4n) is 4.48. The smallest absolute Gasteiger partial charge is 0.263 e. The molecule has 1 aliphatic heterocycles. The summed E-state index contributed by atoms with van der Waals surface area (Å²) in [6.07, 6.45) is 2.26. The minimum atomic E-state index is -0.608. The van der Waals surface area contributed by atoms with E-state index in [0.29, 0.717) is 41.0 Å². The first kappa shape index (κ1) is 22.7. The number of benzene rings is 2. The number of hydrogen-bond acceptors (Lipinski definition) is 5. The molecule has 3 N–H and O–H groups in total. The van der Waals surface area contributed by atoms with Crippen LogP contribution in [0.4, 0.5) is 11.5 Å². The molecule has 2 amide bonds. The molecule has 2 heterocycles. The van der Waals surface area contributed by atoms with E-state index in [1.165, 1.54) is 0 Å². The molecule has 7 nitrogen and oxygen atoms in total. The van der Waals surface area contributed by atoms with Crippen molar-refractivity contribution in [3.8, 4) is 5.75 Å². The van der Waals surface area contributed by atoms with Crippen molar-refractivity contribution >= 4 is 57.4 Å². The number of halogens is 2. The Kier molecular flexibility index (Phi) is 6.48. The van der Waals surface area contributed by atoms with Gasteiger partial charge in [-0.1, -0.05) is 23.2 Å². The third-order valence-electron chi connectivity index (χ3n) is 6.33. The molecule has 3 aromatic rings. The van der Waals surface area contributed by atoms with E-state index in [0.717, 1.165) is 29.4 Å². The Balaban J connectivity index is 1.11. The zero-order valence-corrected chi connectivity index (χ0v) is 19.8. The Morgan fingerprint density at radius 1 is 0.941 bits per heavy atom. The van der Waals surface area contributed by atoms with Gasteiger partial charge in [-0.15, -0.1) is 0 Å². The van der Waals surface area contributed by atoms with Crippen LogP contribution < -0.4 is 20.7 Å². The number of nitrogens with zero attached hydrogens (tertiary/aromatic N) is 1. The molecule has 9 heteroatoms. The summed E-state index contributed by atoms with van der Waals surface area (Å²) in [4.78, 5) is 30.0.